The summed E-state index contributed by atoms with van der Waals surface area (Å²) in [7, 11) is 0. The summed E-state index contributed by atoms with van der Waals surface area (Å²) in [5.74, 6) is 0. The molecule has 0 amide bonds. The van der Waals surface area contributed by atoms with Crippen molar-refractivity contribution >= 4 is 11.4 Å². The van der Waals surface area contributed by atoms with E-state index < -0.39 is 0 Å². The summed E-state index contributed by atoms with van der Waals surface area (Å²) >= 11 is 0. The van der Waals surface area contributed by atoms with E-state index in [1.54, 1.807) is 0 Å². The van der Waals surface area contributed by atoms with Crippen LogP contribution in [0, 0.1) is 6.92 Å². The maximum Gasteiger partial charge on any atom is 0.0440 e. The quantitative estimate of drug-likeness (QED) is 0.841. The molecule has 2 rings (SSSR count). The molecular formula is C18H24N2. The zero-order chi connectivity index (χ0) is 14.4. The predicted molar refractivity (Wildman–Crippen MR) is 87.4 cm³/mol. The molecule has 106 valence electrons. The maximum absolute atomic E-state index is 5.72. The minimum Gasteiger partial charge on any atom is -0.341 e. The molecular weight excluding hydrogens is 244 g/mol. The Morgan fingerprint density at radius 3 is 2.40 bits per heavy atom. The Hall–Kier alpha value is -1.80. The molecule has 2 aromatic rings. The van der Waals surface area contributed by atoms with Gasteiger partial charge in [0.25, 0.3) is 0 Å². The normalized spacial score (nSPS) is 10.6. The monoisotopic (exact) mass is 268 g/mol. The van der Waals surface area contributed by atoms with Gasteiger partial charge in [-0.3, -0.25) is 0 Å². The van der Waals surface area contributed by atoms with Gasteiger partial charge in [0.2, 0.25) is 0 Å². The van der Waals surface area contributed by atoms with Gasteiger partial charge in [-0.15, -0.1) is 0 Å². The molecule has 0 aliphatic heterocycles. The number of hydrogen-bond acceptors (Lipinski definition) is 2. The number of nitrogens with zero attached hydrogens (tertiary/aromatic N) is 1. The molecule has 20 heavy (non-hydrogen) atoms. The van der Waals surface area contributed by atoms with E-state index in [-0.39, 0.29) is 0 Å². The zero-order valence-corrected chi connectivity index (χ0v) is 12.5. The SMILES string of the molecule is CCCCN(c1ccccc1)c1ccc(CN)cc1C. The number of anilines is 2. The summed E-state index contributed by atoms with van der Waals surface area (Å²) in [5, 5.41) is 0. The van der Waals surface area contributed by atoms with E-state index in [0.717, 1.165) is 6.54 Å². The third-order valence-electron chi connectivity index (χ3n) is 3.59. The van der Waals surface area contributed by atoms with Gasteiger partial charge in [-0.2, -0.15) is 0 Å². The number of para-hydroxylation sites is 1. The van der Waals surface area contributed by atoms with Gasteiger partial charge in [0.15, 0.2) is 0 Å². The van der Waals surface area contributed by atoms with Crippen LogP contribution in [0.3, 0.4) is 0 Å². The summed E-state index contributed by atoms with van der Waals surface area (Å²) in [6, 6.07) is 17.1. The molecule has 0 saturated carbocycles. The smallest absolute Gasteiger partial charge is 0.0440 e. The van der Waals surface area contributed by atoms with Crippen LogP contribution >= 0.6 is 0 Å². The first-order valence-corrected chi connectivity index (χ1v) is 7.38. The average Bonchev–Trinajstić information content (AvgIpc) is 2.50. The molecule has 0 aliphatic carbocycles. The zero-order valence-electron chi connectivity index (χ0n) is 12.5. The fourth-order valence-corrected chi connectivity index (χ4v) is 2.46. The molecule has 0 heterocycles. The van der Waals surface area contributed by atoms with E-state index in [1.165, 1.54) is 35.3 Å². The van der Waals surface area contributed by atoms with Crippen LogP contribution < -0.4 is 10.6 Å². The first kappa shape index (κ1) is 14.6. The summed E-state index contributed by atoms with van der Waals surface area (Å²) in [5.41, 5.74) is 10.7. The molecule has 0 atom stereocenters. The van der Waals surface area contributed by atoms with Crippen molar-refractivity contribution in [2.45, 2.75) is 33.2 Å². The lowest BCUT2D eigenvalue weighted by molar-refractivity contribution is 0.784. The molecule has 0 fully saturated rings. The van der Waals surface area contributed by atoms with E-state index in [9.17, 15) is 0 Å². The Kier molecular flexibility index (Phi) is 5.19. The van der Waals surface area contributed by atoms with Crippen molar-refractivity contribution in [1.29, 1.82) is 0 Å². The van der Waals surface area contributed by atoms with Crippen LogP contribution in [0.5, 0.6) is 0 Å². The van der Waals surface area contributed by atoms with Gasteiger partial charge in [-0.25, -0.2) is 0 Å². The second-order valence-corrected chi connectivity index (χ2v) is 5.17. The van der Waals surface area contributed by atoms with Gasteiger partial charge in [0, 0.05) is 24.5 Å². The standard InChI is InChI=1S/C18H24N2/c1-3-4-12-20(17-8-6-5-7-9-17)18-11-10-16(14-19)13-15(18)2/h5-11,13H,3-4,12,14,19H2,1-2H3. The molecule has 0 unspecified atom stereocenters. The van der Waals surface area contributed by atoms with Crippen molar-refractivity contribution in [2.24, 2.45) is 5.73 Å². The Morgan fingerprint density at radius 2 is 1.80 bits per heavy atom. The van der Waals surface area contributed by atoms with Crippen LogP contribution in [0.1, 0.15) is 30.9 Å². The number of aryl methyl sites for hydroxylation is 1. The molecule has 0 aromatic heterocycles. The van der Waals surface area contributed by atoms with Crippen molar-refractivity contribution in [3.63, 3.8) is 0 Å². The molecule has 0 radical (unpaired) electrons. The highest BCUT2D eigenvalue weighted by Gasteiger charge is 2.11. The van der Waals surface area contributed by atoms with Gasteiger partial charge >= 0.3 is 0 Å². The second kappa shape index (κ2) is 7.11. The first-order valence-electron chi connectivity index (χ1n) is 7.38. The fraction of sp³-hybridized carbons (Fsp3) is 0.333. The van der Waals surface area contributed by atoms with E-state index in [4.69, 9.17) is 5.73 Å². The average molecular weight is 268 g/mol. The second-order valence-electron chi connectivity index (χ2n) is 5.17. The largest absolute Gasteiger partial charge is 0.341 e. The first-order chi connectivity index (χ1) is 9.76. The van der Waals surface area contributed by atoms with Crippen LogP contribution in [0.15, 0.2) is 48.5 Å². The molecule has 0 saturated heterocycles. The third kappa shape index (κ3) is 3.40. The van der Waals surface area contributed by atoms with Crippen LogP contribution in [-0.2, 0) is 6.54 Å². The van der Waals surface area contributed by atoms with Crippen molar-refractivity contribution in [3.8, 4) is 0 Å². The van der Waals surface area contributed by atoms with Gasteiger partial charge in [-0.05, 0) is 42.7 Å². The van der Waals surface area contributed by atoms with E-state index in [0.29, 0.717) is 6.54 Å². The Morgan fingerprint density at radius 1 is 1.05 bits per heavy atom. The molecule has 2 heteroatoms. The van der Waals surface area contributed by atoms with Crippen molar-refractivity contribution < 1.29 is 0 Å². The fourth-order valence-electron chi connectivity index (χ4n) is 2.46. The third-order valence-corrected chi connectivity index (χ3v) is 3.59. The lowest BCUT2D eigenvalue weighted by atomic mass is 10.1. The predicted octanol–water partition coefficient (Wildman–Crippen LogP) is 4.39. The summed E-state index contributed by atoms with van der Waals surface area (Å²) in [4.78, 5) is 2.40. The Labute approximate surface area is 122 Å². The van der Waals surface area contributed by atoms with Gasteiger partial charge in [0.05, 0.1) is 0 Å². The molecule has 2 nitrogen and oxygen atoms in total. The highest BCUT2D eigenvalue weighted by molar-refractivity contribution is 5.66. The molecule has 0 aliphatic rings. The number of rotatable bonds is 6. The summed E-state index contributed by atoms with van der Waals surface area (Å²) < 4.78 is 0. The van der Waals surface area contributed by atoms with Crippen molar-refractivity contribution in [3.05, 3.63) is 59.7 Å². The molecule has 2 N–H and O–H groups in total. The van der Waals surface area contributed by atoms with Crippen molar-refractivity contribution in [2.75, 3.05) is 11.4 Å². The summed E-state index contributed by atoms with van der Waals surface area (Å²) in [6.45, 7) is 6.04. The van der Waals surface area contributed by atoms with Gasteiger partial charge in [-0.1, -0.05) is 43.7 Å². The van der Waals surface area contributed by atoms with Crippen LogP contribution in [0.4, 0.5) is 11.4 Å². The number of hydrogen-bond donors (Lipinski definition) is 1. The van der Waals surface area contributed by atoms with Crippen LogP contribution in [0.2, 0.25) is 0 Å². The van der Waals surface area contributed by atoms with E-state index in [1.807, 2.05) is 0 Å². The number of nitrogens with two attached hydrogens (primary N) is 1. The number of unbranched alkanes of at least 4 members (excludes halogenated alkanes) is 1. The highest BCUT2D eigenvalue weighted by atomic mass is 15.1. The van der Waals surface area contributed by atoms with Gasteiger partial charge in [0.1, 0.15) is 0 Å². The van der Waals surface area contributed by atoms with E-state index in [2.05, 4.69) is 67.3 Å². The minimum atomic E-state index is 0.599. The van der Waals surface area contributed by atoms with Crippen LogP contribution in [0.25, 0.3) is 0 Å². The Balaban J connectivity index is 2.36. The number of benzene rings is 2. The van der Waals surface area contributed by atoms with Crippen molar-refractivity contribution in [1.82, 2.24) is 0 Å². The minimum absolute atomic E-state index is 0.599. The topological polar surface area (TPSA) is 29.3 Å². The Bertz CT molecular complexity index is 534. The maximum atomic E-state index is 5.72. The van der Waals surface area contributed by atoms with Crippen LogP contribution in [-0.4, -0.2) is 6.54 Å². The van der Waals surface area contributed by atoms with E-state index >= 15 is 0 Å². The molecule has 0 bridgehead atoms. The lowest BCUT2D eigenvalue weighted by Crippen LogP contribution is -2.19. The van der Waals surface area contributed by atoms with Gasteiger partial charge < -0.3 is 10.6 Å². The summed E-state index contributed by atoms with van der Waals surface area (Å²) in [6.07, 6.45) is 2.39. The highest BCUT2D eigenvalue weighted by Crippen LogP contribution is 2.29. The molecule has 2 aromatic carbocycles. The lowest BCUT2D eigenvalue weighted by Gasteiger charge is -2.27. The molecule has 0 spiro atoms.